The van der Waals surface area contributed by atoms with E-state index in [4.69, 9.17) is 5.73 Å². The molecule has 0 amide bonds. The Kier molecular flexibility index (Phi) is 5.08. The van der Waals surface area contributed by atoms with Crippen molar-refractivity contribution in [2.75, 3.05) is 25.1 Å². The number of rotatable bonds is 6. The van der Waals surface area contributed by atoms with Crippen molar-refractivity contribution >= 4 is 25.7 Å². The Labute approximate surface area is 117 Å². The maximum Gasteiger partial charge on any atom is 0.243 e. The first-order valence-corrected chi connectivity index (χ1v) is 8.69. The summed E-state index contributed by atoms with van der Waals surface area (Å²) in [4.78, 5) is -0.600. The standard InChI is InChI=1S/C10H16FN3O4S2/c1-7-5-8(12)6-9(10(7)11)20(17,18)14-3-4-19(15,16)13-2/h5-6,13-14H,3-4,12H2,1-2H3. The van der Waals surface area contributed by atoms with Crippen LogP contribution in [0.3, 0.4) is 0 Å². The van der Waals surface area contributed by atoms with Crippen LogP contribution in [0.15, 0.2) is 17.0 Å². The first kappa shape index (κ1) is 16.8. The van der Waals surface area contributed by atoms with Crippen LogP contribution in [0.2, 0.25) is 0 Å². The highest BCUT2D eigenvalue weighted by molar-refractivity contribution is 7.90. The van der Waals surface area contributed by atoms with E-state index in [9.17, 15) is 21.2 Å². The van der Waals surface area contributed by atoms with Gasteiger partial charge in [0.2, 0.25) is 20.0 Å². The molecule has 0 saturated carbocycles. The van der Waals surface area contributed by atoms with E-state index in [1.807, 2.05) is 9.44 Å². The van der Waals surface area contributed by atoms with Gasteiger partial charge in [0.1, 0.15) is 10.7 Å². The lowest BCUT2D eigenvalue weighted by Crippen LogP contribution is -2.33. The van der Waals surface area contributed by atoms with Crippen LogP contribution < -0.4 is 15.2 Å². The highest BCUT2D eigenvalue weighted by atomic mass is 32.2. The third kappa shape index (κ3) is 4.13. The van der Waals surface area contributed by atoms with Crippen LogP contribution in [0.4, 0.5) is 10.1 Å². The fraction of sp³-hybridized carbons (Fsp3) is 0.400. The molecule has 0 aliphatic carbocycles. The topological polar surface area (TPSA) is 118 Å². The summed E-state index contributed by atoms with van der Waals surface area (Å²) in [5, 5.41) is 0. The maximum absolute atomic E-state index is 13.8. The van der Waals surface area contributed by atoms with Crippen molar-refractivity contribution in [1.82, 2.24) is 9.44 Å². The van der Waals surface area contributed by atoms with E-state index in [1.54, 1.807) is 0 Å². The van der Waals surface area contributed by atoms with E-state index in [1.165, 1.54) is 20.0 Å². The lowest BCUT2D eigenvalue weighted by molar-refractivity contribution is 0.554. The molecule has 0 aliphatic rings. The molecule has 1 rings (SSSR count). The molecule has 114 valence electrons. The summed E-state index contributed by atoms with van der Waals surface area (Å²) in [5.74, 6) is -1.37. The molecule has 0 saturated heterocycles. The van der Waals surface area contributed by atoms with Crippen molar-refractivity contribution in [1.29, 1.82) is 0 Å². The lowest BCUT2D eigenvalue weighted by atomic mass is 10.2. The Morgan fingerprint density at radius 2 is 1.85 bits per heavy atom. The van der Waals surface area contributed by atoms with Gasteiger partial charge in [0.25, 0.3) is 0 Å². The summed E-state index contributed by atoms with van der Waals surface area (Å²) in [5.41, 5.74) is 5.67. The fourth-order valence-corrected chi connectivity index (χ4v) is 3.37. The minimum Gasteiger partial charge on any atom is -0.399 e. The Bertz CT molecular complexity index is 701. The van der Waals surface area contributed by atoms with Gasteiger partial charge in [-0.25, -0.2) is 30.7 Å². The number of sulfonamides is 2. The third-order valence-electron chi connectivity index (χ3n) is 2.51. The zero-order valence-corrected chi connectivity index (χ0v) is 12.6. The Morgan fingerprint density at radius 1 is 1.25 bits per heavy atom. The lowest BCUT2D eigenvalue weighted by Gasteiger charge is -2.10. The molecule has 0 heterocycles. The van der Waals surface area contributed by atoms with Crippen molar-refractivity contribution < 1.29 is 21.2 Å². The molecule has 0 aliphatic heterocycles. The molecular formula is C10H16FN3O4S2. The molecule has 1 aromatic carbocycles. The van der Waals surface area contributed by atoms with Crippen LogP contribution in [0.25, 0.3) is 0 Å². The van der Waals surface area contributed by atoms with Gasteiger partial charge < -0.3 is 5.73 Å². The Morgan fingerprint density at radius 3 is 2.40 bits per heavy atom. The summed E-state index contributed by atoms with van der Waals surface area (Å²) in [6.07, 6.45) is 0. The van der Waals surface area contributed by atoms with Crippen molar-refractivity contribution in [3.63, 3.8) is 0 Å². The predicted molar refractivity (Wildman–Crippen MR) is 73.6 cm³/mol. The number of benzene rings is 1. The highest BCUT2D eigenvalue weighted by Gasteiger charge is 2.21. The Hall–Kier alpha value is -1.23. The number of anilines is 1. The molecule has 1 aromatic rings. The molecule has 0 unspecified atom stereocenters. The van der Waals surface area contributed by atoms with E-state index < -0.39 is 36.5 Å². The monoisotopic (exact) mass is 325 g/mol. The molecule has 7 nitrogen and oxygen atoms in total. The number of aryl methyl sites for hydroxylation is 1. The van der Waals surface area contributed by atoms with Crippen LogP contribution in [0, 0.1) is 12.7 Å². The van der Waals surface area contributed by atoms with Crippen LogP contribution in [0.1, 0.15) is 5.56 Å². The van der Waals surface area contributed by atoms with E-state index in [-0.39, 0.29) is 17.8 Å². The number of nitrogens with two attached hydrogens (primary N) is 1. The second-order valence-corrected chi connectivity index (χ2v) is 7.85. The first-order chi connectivity index (χ1) is 9.09. The number of nitrogen functional groups attached to an aromatic ring is 1. The van der Waals surface area contributed by atoms with Gasteiger partial charge >= 0.3 is 0 Å². The molecule has 4 N–H and O–H groups in total. The van der Waals surface area contributed by atoms with Crippen LogP contribution in [-0.2, 0) is 20.0 Å². The molecule has 20 heavy (non-hydrogen) atoms. The first-order valence-electron chi connectivity index (χ1n) is 5.55. The van der Waals surface area contributed by atoms with Crippen molar-refractivity contribution in [2.45, 2.75) is 11.8 Å². The third-order valence-corrected chi connectivity index (χ3v) is 5.33. The number of hydrogen-bond acceptors (Lipinski definition) is 5. The van der Waals surface area contributed by atoms with Crippen molar-refractivity contribution in [3.8, 4) is 0 Å². The zero-order valence-electron chi connectivity index (χ0n) is 11.0. The molecule has 0 radical (unpaired) electrons. The van der Waals surface area contributed by atoms with Gasteiger partial charge in [0.15, 0.2) is 0 Å². The molecule has 0 bridgehead atoms. The normalized spacial score (nSPS) is 12.6. The average molecular weight is 325 g/mol. The van der Waals surface area contributed by atoms with Crippen LogP contribution >= 0.6 is 0 Å². The van der Waals surface area contributed by atoms with Gasteiger partial charge in [0.05, 0.1) is 5.75 Å². The van der Waals surface area contributed by atoms with Gasteiger partial charge in [-0.3, -0.25) is 0 Å². The second kappa shape index (κ2) is 6.04. The van der Waals surface area contributed by atoms with Gasteiger partial charge in [-0.2, -0.15) is 0 Å². The van der Waals surface area contributed by atoms with Gasteiger partial charge in [-0.1, -0.05) is 0 Å². The minimum absolute atomic E-state index is 0.0909. The van der Waals surface area contributed by atoms with Gasteiger partial charge in [-0.05, 0) is 31.7 Å². The largest absolute Gasteiger partial charge is 0.399 e. The molecular weight excluding hydrogens is 309 g/mol. The quantitative estimate of drug-likeness (QED) is 0.612. The molecule has 10 heteroatoms. The highest BCUT2D eigenvalue weighted by Crippen LogP contribution is 2.21. The molecule has 0 atom stereocenters. The van der Waals surface area contributed by atoms with E-state index in [2.05, 4.69) is 0 Å². The molecule has 0 spiro atoms. The number of nitrogens with one attached hydrogen (secondary N) is 2. The zero-order chi connectivity index (χ0) is 15.6. The van der Waals surface area contributed by atoms with Crippen molar-refractivity contribution in [2.24, 2.45) is 0 Å². The summed E-state index contributed by atoms with van der Waals surface area (Å²) in [6.45, 7) is 1.01. The summed E-state index contributed by atoms with van der Waals surface area (Å²) < 4.78 is 64.0. The SMILES string of the molecule is CNS(=O)(=O)CCNS(=O)(=O)c1cc(N)cc(C)c1F. The minimum atomic E-state index is -4.16. The molecule has 0 fully saturated rings. The predicted octanol–water partition coefficient (Wildman–Crippen LogP) is -0.456. The van der Waals surface area contributed by atoms with Gasteiger partial charge in [-0.15, -0.1) is 0 Å². The molecule has 0 aromatic heterocycles. The van der Waals surface area contributed by atoms with E-state index in [0.717, 1.165) is 6.07 Å². The van der Waals surface area contributed by atoms with Crippen molar-refractivity contribution in [3.05, 3.63) is 23.5 Å². The maximum atomic E-state index is 13.8. The van der Waals surface area contributed by atoms with Crippen LogP contribution in [0.5, 0.6) is 0 Å². The fourth-order valence-electron chi connectivity index (χ4n) is 1.45. The second-order valence-electron chi connectivity index (χ2n) is 4.07. The number of hydrogen-bond donors (Lipinski definition) is 3. The Balaban J connectivity index is 2.96. The van der Waals surface area contributed by atoms with E-state index in [0.29, 0.717) is 0 Å². The number of halogens is 1. The summed E-state index contributed by atoms with van der Waals surface area (Å²) in [6, 6.07) is 2.29. The van der Waals surface area contributed by atoms with Crippen LogP contribution in [-0.4, -0.2) is 36.2 Å². The summed E-state index contributed by atoms with van der Waals surface area (Å²) >= 11 is 0. The average Bonchev–Trinajstić information content (AvgIpc) is 2.33. The van der Waals surface area contributed by atoms with E-state index >= 15 is 0 Å². The summed E-state index contributed by atoms with van der Waals surface area (Å²) in [7, 11) is -6.50. The van der Waals surface area contributed by atoms with Gasteiger partial charge in [0, 0.05) is 12.2 Å². The smallest absolute Gasteiger partial charge is 0.243 e.